The van der Waals surface area contributed by atoms with Gasteiger partial charge in [-0.05, 0) is 142 Å². The molecule has 64 heavy (non-hydrogen) atoms. The van der Waals surface area contributed by atoms with Crippen LogP contribution in [0, 0.1) is 0 Å². The van der Waals surface area contributed by atoms with Crippen LogP contribution in [0.5, 0.6) is 0 Å². The van der Waals surface area contributed by atoms with Gasteiger partial charge >= 0.3 is 0 Å². The Morgan fingerprint density at radius 1 is 0.266 bits per heavy atom. The summed E-state index contributed by atoms with van der Waals surface area (Å²) in [6.45, 7) is 0. The molecule has 12 aromatic carbocycles. The van der Waals surface area contributed by atoms with Gasteiger partial charge in [0.05, 0.1) is 10.4 Å². The van der Waals surface area contributed by atoms with Gasteiger partial charge in [-0.15, -0.1) is 11.3 Å². The lowest BCUT2D eigenvalue weighted by atomic mass is 9.92. The number of rotatable bonds is 6. The maximum Gasteiger partial charge on any atom is 0.0640 e. The fourth-order valence-electron chi connectivity index (χ4n) is 10.1. The fraction of sp³-hybridized carbons (Fsp3) is 0. The van der Waals surface area contributed by atoms with Crippen molar-refractivity contribution in [2.45, 2.75) is 0 Å². The summed E-state index contributed by atoms with van der Waals surface area (Å²) in [5.74, 6) is 0. The number of anilines is 3. The van der Waals surface area contributed by atoms with Gasteiger partial charge in [-0.3, -0.25) is 0 Å². The highest BCUT2D eigenvalue weighted by atomic mass is 32.1. The predicted molar refractivity (Wildman–Crippen MR) is 278 cm³/mol. The van der Waals surface area contributed by atoms with Crippen molar-refractivity contribution in [2.75, 3.05) is 4.90 Å². The summed E-state index contributed by atoms with van der Waals surface area (Å²) in [5, 5.41) is 15.1. The van der Waals surface area contributed by atoms with Crippen LogP contribution < -0.4 is 4.90 Å². The molecule has 0 aliphatic carbocycles. The largest absolute Gasteiger partial charge is 0.309 e. The van der Waals surface area contributed by atoms with Gasteiger partial charge < -0.3 is 4.90 Å². The van der Waals surface area contributed by atoms with E-state index in [9.17, 15) is 0 Å². The van der Waals surface area contributed by atoms with E-state index in [1.807, 2.05) is 11.3 Å². The van der Waals surface area contributed by atoms with Crippen LogP contribution in [0.3, 0.4) is 0 Å². The lowest BCUT2D eigenvalue weighted by Crippen LogP contribution is -2.10. The molecule has 0 radical (unpaired) electrons. The molecule has 0 bridgehead atoms. The smallest absolute Gasteiger partial charge is 0.0640 e. The predicted octanol–water partition coefficient (Wildman–Crippen LogP) is 18.3. The average molecular weight is 830 g/mol. The molecule has 0 fully saturated rings. The van der Waals surface area contributed by atoms with Crippen molar-refractivity contribution in [1.29, 1.82) is 0 Å². The van der Waals surface area contributed by atoms with E-state index in [1.165, 1.54) is 107 Å². The van der Waals surface area contributed by atoms with Gasteiger partial charge in [0.1, 0.15) is 0 Å². The van der Waals surface area contributed by atoms with Gasteiger partial charge in [-0.2, -0.15) is 0 Å². The van der Waals surface area contributed by atoms with E-state index in [0.717, 1.165) is 17.1 Å². The zero-order valence-electron chi connectivity index (χ0n) is 34.9. The van der Waals surface area contributed by atoms with E-state index in [4.69, 9.17) is 0 Å². The third-order valence-corrected chi connectivity index (χ3v) is 14.3. The molecule has 1 aromatic heterocycles. The zero-order chi connectivity index (χ0) is 42.1. The van der Waals surface area contributed by atoms with Crippen LogP contribution in [0.4, 0.5) is 17.1 Å². The van der Waals surface area contributed by atoms with E-state index < -0.39 is 0 Å². The van der Waals surface area contributed by atoms with Gasteiger partial charge in [0, 0.05) is 26.8 Å². The highest BCUT2D eigenvalue weighted by molar-refractivity contribution is 7.26. The van der Waals surface area contributed by atoms with E-state index in [2.05, 4.69) is 241 Å². The average Bonchev–Trinajstić information content (AvgIpc) is 3.73. The molecule has 1 nitrogen and oxygen atoms in total. The Morgan fingerprint density at radius 2 is 0.844 bits per heavy atom. The highest BCUT2D eigenvalue weighted by Gasteiger charge is 2.21. The standard InChI is InChI=1S/C62H39NS/c1-2-14-43-33-49(32-29-40(43)13-1)58-39-51(35-47-17-5-8-22-53(47)58)63(60-26-12-25-56-59-36-45-15-3-4-16-46(45)38-61(59)64-62(56)60)50-20-11-19-44(34-50)41-27-30-42(31-28-41)57-37-48-18-6-7-21-52(48)54-23-9-10-24-55(54)57/h1-39H. The summed E-state index contributed by atoms with van der Waals surface area (Å²) < 4.78 is 2.56. The van der Waals surface area contributed by atoms with Crippen molar-refractivity contribution in [2.24, 2.45) is 0 Å². The van der Waals surface area contributed by atoms with Crippen molar-refractivity contribution < 1.29 is 0 Å². The topological polar surface area (TPSA) is 3.24 Å². The van der Waals surface area contributed by atoms with Crippen molar-refractivity contribution in [3.8, 4) is 33.4 Å². The summed E-state index contributed by atoms with van der Waals surface area (Å²) in [6, 6.07) is 87.5. The van der Waals surface area contributed by atoms with E-state index in [-0.39, 0.29) is 0 Å². The second kappa shape index (κ2) is 14.8. The molecule has 0 N–H and O–H groups in total. The lowest BCUT2D eigenvalue weighted by molar-refractivity contribution is 1.31. The van der Waals surface area contributed by atoms with Gasteiger partial charge in [-0.25, -0.2) is 0 Å². The Labute approximate surface area is 375 Å². The lowest BCUT2D eigenvalue weighted by Gasteiger charge is -2.28. The first-order chi connectivity index (χ1) is 31.7. The minimum absolute atomic E-state index is 1.11. The zero-order valence-corrected chi connectivity index (χ0v) is 35.7. The monoisotopic (exact) mass is 829 g/mol. The first-order valence-electron chi connectivity index (χ1n) is 22.0. The molecule has 13 aromatic rings. The Balaban J connectivity index is 0.998. The van der Waals surface area contributed by atoms with E-state index >= 15 is 0 Å². The molecule has 298 valence electrons. The number of hydrogen-bond donors (Lipinski definition) is 0. The second-order valence-corrected chi connectivity index (χ2v) is 17.9. The van der Waals surface area contributed by atoms with Gasteiger partial charge in [0.2, 0.25) is 0 Å². The van der Waals surface area contributed by atoms with Crippen LogP contribution in [0.1, 0.15) is 0 Å². The molecule has 0 aliphatic rings. The van der Waals surface area contributed by atoms with E-state index in [1.54, 1.807) is 0 Å². The quantitative estimate of drug-likeness (QED) is 0.151. The number of nitrogens with zero attached hydrogens (tertiary/aromatic N) is 1. The van der Waals surface area contributed by atoms with Gasteiger partial charge in [-0.1, -0.05) is 182 Å². The van der Waals surface area contributed by atoms with E-state index in [0.29, 0.717) is 0 Å². The van der Waals surface area contributed by atoms with Crippen LogP contribution >= 0.6 is 11.3 Å². The van der Waals surface area contributed by atoms with Gasteiger partial charge in [0.15, 0.2) is 0 Å². The third-order valence-electron chi connectivity index (χ3n) is 13.2. The van der Waals surface area contributed by atoms with Crippen molar-refractivity contribution in [3.05, 3.63) is 237 Å². The number of thiophene rings is 1. The van der Waals surface area contributed by atoms with Crippen molar-refractivity contribution >= 4 is 102 Å². The second-order valence-electron chi connectivity index (χ2n) is 16.9. The molecule has 13 rings (SSSR count). The van der Waals surface area contributed by atoms with Crippen LogP contribution in [-0.2, 0) is 0 Å². The molecule has 0 unspecified atom stereocenters. The molecular weight excluding hydrogens is 791 g/mol. The number of benzene rings is 12. The summed E-state index contributed by atoms with van der Waals surface area (Å²) in [6.07, 6.45) is 0. The summed E-state index contributed by atoms with van der Waals surface area (Å²) in [4.78, 5) is 2.49. The Morgan fingerprint density at radius 3 is 1.64 bits per heavy atom. The minimum atomic E-state index is 1.11. The molecule has 0 amide bonds. The van der Waals surface area contributed by atoms with Crippen LogP contribution in [0.2, 0.25) is 0 Å². The first kappa shape index (κ1) is 36.6. The maximum atomic E-state index is 2.49. The number of hydrogen-bond acceptors (Lipinski definition) is 2. The normalized spacial score (nSPS) is 11.8. The van der Waals surface area contributed by atoms with Crippen molar-refractivity contribution in [3.63, 3.8) is 0 Å². The summed E-state index contributed by atoms with van der Waals surface area (Å²) in [5.41, 5.74) is 10.6. The van der Waals surface area contributed by atoms with Crippen LogP contribution in [0.25, 0.3) is 107 Å². The Kier molecular flexibility index (Phi) is 8.47. The molecule has 2 heteroatoms. The Bertz CT molecular complexity index is 3970. The number of fused-ring (bicyclic) bond motifs is 9. The molecule has 0 saturated heterocycles. The molecular formula is C62H39NS. The maximum absolute atomic E-state index is 2.49. The molecule has 0 saturated carbocycles. The SMILES string of the molecule is c1cc(-c2ccc(-c3cc4ccccc4c4ccccc34)cc2)cc(N(c2cc(-c3ccc4ccccc4c3)c3ccccc3c2)c2cccc3c2sc2cc4ccccc4cc23)c1. The summed E-state index contributed by atoms with van der Waals surface area (Å²) >= 11 is 1.89. The van der Waals surface area contributed by atoms with Crippen molar-refractivity contribution in [1.82, 2.24) is 0 Å². The van der Waals surface area contributed by atoms with Gasteiger partial charge in [0.25, 0.3) is 0 Å². The third kappa shape index (κ3) is 6.07. The first-order valence-corrected chi connectivity index (χ1v) is 22.8. The molecule has 0 spiro atoms. The molecule has 0 atom stereocenters. The minimum Gasteiger partial charge on any atom is -0.309 e. The Hall–Kier alpha value is -8.04. The highest BCUT2D eigenvalue weighted by Crippen LogP contribution is 2.48. The molecule has 0 aliphatic heterocycles. The fourth-order valence-corrected chi connectivity index (χ4v) is 11.3. The van der Waals surface area contributed by atoms with Crippen LogP contribution in [-0.4, -0.2) is 0 Å². The summed E-state index contributed by atoms with van der Waals surface area (Å²) in [7, 11) is 0. The van der Waals surface area contributed by atoms with Crippen LogP contribution in [0.15, 0.2) is 237 Å². The molecule has 1 heterocycles.